The lowest BCUT2D eigenvalue weighted by Gasteiger charge is -2.35. The van der Waals surface area contributed by atoms with Crippen molar-refractivity contribution in [2.75, 3.05) is 6.61 Å². The van der Waals surface area contributed by atoms with Gasteiger partial charge in [-0.3, -0.25) is 0 Å². The maximum atomic E-state index is 6.30. The molecule has 0 N–H and O–H groups in total. The van der Waals surface area contributed by atoms with Crippen molar-refractivity contribution >= 4 is 0 Å². The molecule has 4 atom stereocenters. The third kappa shape index (κ3) is 3.24. The lowest BCUT2D eigenvalue weighted by Crippen LogP contribution is -2.35. The summed E-state index contributed by atoms with van der Waals surface area (Å²) in [6.07, 6.45) is 6.40. The summed E-state index contributed by atoms with van der Waals surface area (Å²) in [6, 6.07) is 0. The first kappa shape index (κ1) is 13.4. The molecule has 2 bridgehead atoms. The minimum atomic E-state index is 0.296. The second-order valence-corrected chi connectivity index (χ2v) is 7.92. The van der Waals surface area contributed by atoms with E-state index in [9.17, 15) is 0 Å². The molecule has 0 radical (unpaired) electrons. The number of ether oxygens (including phenoxy) is 1. The Labute approximate surface area is 107 Å². The van der Waals surface area contributed by atoms with Crippen LogP contribution in [-0.4, -0.2) is 12.7 Å². The zero-order valence-electron chi connectivity index (χ0n) is 12.3. The molecule has 0 aliphatic heterocycles. The van der Waals surface area contributed by atoms with Gasteiger partial charge in [-0.25, -0.2) is 0 Å². The second-order valence-electron chi connectivity index (χ2n) is 7.92. The van der Waals surface area contributed by atoms with Gasteiger partial charge in [-0.1, -0.05) is 41.0 Å². The minimum Gasteiger partial charge on any atom is -0.377 e. The van der Waals surface area contributed by atoms with Crippen molar-refractivity contribution in [2.24, 2.45) is 29.1 Å². The topological polar surface area (TPSA) is 9.23 Å². The Morgan fingerprint density at radius 2 is 1.82 bits per heavy atom. The van der Waals surface area contributed by atoms with Gasteiger partial charge in [-0.15, -0.1) is 0 Å². The van der Waals surface area contributed by atoms with Crippen LogP contribution in [0.25, 0.3) is 0 Å². The summed E-state index contributed by atoms with van der Waals surface area (Å²) >= 11 is 0. The first-order valence-corrected chi connectivity index (χ1v) is 7.48. The fourth-order valence-electron chi connectivity index (χ4n) is 3.85. The third-order valence-corrected chi connectivity index (χ3v) is 4.58. The van der Waals surface area contributed by atoms with Crippen LogP contribution in [-0.2, 0) is 4.74 Å². The molecule has 2 fully saturated rings. The van der Waals surface area contributed by atoms with Crippen LogP contribution < -0.4 is 0 Å². The Balaban J connectivity index is 1.93. The van der Waals surface area contributed by atoms with Crippen molar-refractivity contribution < 1.29 is 4.74 Å². The standard InChI is InChI=1S/C16H30O/c1-11(2)15(17-10-16(3,4)5)14-9-12-6-7-13(14)8-12/h11-15H,6-10H2,1-5H3. The van der Waals surface area contributed by atoms with Crippen molar-refractivity contribution in [1.29, 1.82) is 0 Å². The number of hydrogen-bond donors (Lipinski definition) is 0. The van der Waals surface area contributed by atoms with E-state index in [1.165, 1.54) is 25.7 Å². The molecule has 0 aromatic carbocycles. The van der Waals surface area contributed by atoms with E-state index in [0.717, 1.165) is 24.4 Å². The molecule has 2 aliphatic carbocycles. The molecule has 4 unspecified atom stereocenters. The first-order chi connectivity index (χ1) is 7.87. The van der Waals surface area contributed by atoms with E-state index in [2.05, 4.69) is 34.6 Å². The molecule has 1 heteroatoms. The predicted molar refractivity (Wildman–Crippen MR) is 73.0 cm³/mol. The molecule has 0 amide bonds. The van der Waals surface area contributed by atoms with Gasteiger partial charge in [-0.2, -0.15) is 0 Å². The highest BCUT2D eigenvalue weighted by Crippen LogP contribution is 2.51. The van der Waals surface area contributed by atoms with Gasteiger partial charge in [0.2, 0.25) is 0 Å². The molecule has 0 heterocycles. The first-order valence-electron chi connectivity index (χ1n) is 7.48. The Morgan fingerprint density at radius 1 is 1.12 bits per heavy atom. The van der Waals surface area contributed by atoms with E-state index in [1.54, 1.807) is 0 Å². The van der Waals surface area contributed by atoms with Crippen LogP contribution in [0.2, 0.25) is 0 Å². The fourth-order valence-corrected chi connectivity index (χ4v) is 3.85. The van der Waals surface area contributed by atoms with Gasteiger partial charge in [0.05, 0.1) is 12.7 Å². The maximum Gasteiger partial charge on any atom is 0.0629 e. The molecule has 0 saturated heterocycles. The number of hydrogen-bond acceptors (Lipinski definition) is 1. The summed E-state index contributed by atoms with van der Waals surface area (Å²) < 4.78 is 6.30. The van der Waals surface area contributed by atoms with Crippen LogP contribution in [0.15, 0.2) is 0 Å². The highest BCUT2D eigenvalue weighted by Gasteiger charge is 2.44. The van der Waals surface area contributed by atoms with Crippen molar-refractivity contribution in [3.05, 3.63) is 0 Å². The van der Waals surface area contributed by atoms with Gasteiger partial charge in [-0.05, 0) is 48.3 Å². The van der Waals surface area contributed by atoms with Crippen LogP contribution in [0.1, 0.15) is 60.3 Å². The SMILES string of the molecule is CC(C)C(OCC(C)(C)C)C1CC2CCC1C2. The highest BCUT2D eigenvalue weighted by atomic mass is 16.5. The summed E-state index contributed by atoms with van der Waals surface area (Å²) in [6.45, 7) is 12.4. The molecule has 1 nitrogen and oxygen atoms in total. The van der Waals surface area contributed by atoms with E-state index >= 15 is 0 Å². The minimum absolute atomic E-state index is 0.296. The average Bonchev–Trinajstić information content (AvgIpc) is 2.76. The van der Waals surface area contributed by atoms with Crippen molar-refractivity contribution in [3.8, 4) is 0 Å². The lowest BCUT2D eigenvalue weighted by atomic mass is 9.80. The van der Waals surface area contributed by atoms with Crippen LogP contribution in [0.3, 0.4) is 0 Å². The van der Waals surface area contributed by atoms with Crippen LogP contribution in [0, 0.1) is 29.1 Å². The van der Waals surface area contributed by atoms with Crippen molar-refractivity contribution in [3.63, 3.8) is 0 Å². The molecular formula is C16H30O. The molecule has 2 rings (SSSR count). The summed E-state index contributed by atoms with van der Waals surface area (Å²) in [4.78, 5) is 0. The zero-order valence-corrected chi connectivity index (χ0v) is 12.3. The predicted octanol–water partition coefficient (Wildman–Crippen LogP) is 4.51. The Kier molecular flexibility index (Phi) is 3.87. The molecule has 0 aromatic rings. The monoisotopic (exact) mass is 238 g/mol. The molecule has 0 aromatic heterocycles. The van der Waals surface area contributed by atoms with E-state index in [-0.39, 0.29) is 0 Å². The van der Waals surface area contributed by atoms with Crippen LogP contribution in [0.5, 0.6) is 0 Å². The Morgan fingerprint density at radius 3 is 2.24 bits per heavy atom. The third-order valence-electron chi connectivity index (χ3n) is 4.58. The normalized spacial score (nSPS) is 34.6. The van der Waals surface area contributed by atoms with E-state index in [0.29, 0.717) is 17.4 Å². The smallest absolute Gasteiger partial charge is 0.0629 e. The second kappa shape index (κ2) is 4.91. The maximum absolute atomic E-state index is 6.30. The fraction of sp³-hybridized carbons (Fsp3) is 1.00. The number of rotatable bonds is 4. The summed E-state index contributed by atoms with van der Waals surface area (Å²) in [5.74, 6) is 3.54. The quantitative estimate of drug-likeness (QED) is 0.700. The van der Waals surface area contributed by atoms with Crippen LogP contribution in [0.4, 0.5) is 0 Å². The van der Waals surface area contributed by atoms with Gasteiger partial charge in [0.1, 0.15) is 0 Å². The summed E-state index contributed by atoms with van der Waals surface area (Å²) in [5.41, 5.74) is 0.296. The van der Waals surface area contributed by atoms with Gasteiger partial charge in [0.15, 0.2) is 0 Å². The number of fused-ring (bicyclic) bond motifs is 2. The van der Waals surface area contributed by atoms with Crippen LogP contribution >= 0.6 is 0 Å². The molecule has 17 heavy (non-hydrogen) atoms. The molecule has 2 saturated carbocycles. The summed E-state index contributed by atoms with van der Waals surface area (Å²) in [7, 11) is 0. The lowest BCUT2D eigenvalue weighted by molar-refractivity contribution is -0.0601. The largest absolute Gasteiger partial charge is 0.377 e. The van der Waals surface area contributed by atoms with Crippen molar-refractivity contribution in [1.82, 2.24) is 0 Å². The van der Waals surface area contributed by atoms with E-state index in [1.807, 2.05) is 0 Å². The highest BCUT2D eigenvalue weighted by molar-refractivity contribution is 4.94. The van der Waals surface area contributed by atoms with Gasteiger partial charge < -0.3 is 4.74 Å². The van der Waals surface area contributed by atoms with E-state index in [4.69, 9.17) is 4.74 Å². The Bertz CT molecular complexity index is 251. The molecule has 0 spiro atoms. The average molecular weight is 238 g/mol. The van der Waals surface area contributed by atoms with Gasteiger partial charge in [0, 0.05) is 0 Å². The van der Waals surface area contributed by atoms with Gasteiger partial charge in [0.25, 0.3) is 0 Å². The summed E-state index contributed by atoms with van der Waals surface area (Å²) in [5, 5.41) is 0. The molecule has 100 valence electrons. The molecule has 2 aliphatic rings. The van der Waals surface area contributed by atoms with Crippen molar-refractivity contribution in [2.45, 2.75) is 66.4 Å². The van der Waals surface area contributed by atoms with Gasteiger partial charge >= 0.3 is 0 Å². The zero-order chi connectivity index (χ0) is 12.6. The Hall–Kier alpha value is -0.0400. The molecular weight excluding hydrogens is 208 g/mol. The van der Waals surface area contributed by atoms with E-state index < -0.39 is 0 Å².